The van der Waals surface area contributed by atoms with E-state index in [1.807, 2.05) is 13.8 Å². The molecule has 0 radical (unpaired) electrons. The third-order valence-electron chi connectivity index (χ3n) is 2.42. The molecule has 0 aliphatic carbocycles. The molecule has 0 heterocycles. The van der Waals surface area contributed by atoms with Crippen LogP contribution in [0.3, 0.4) is 0 Å². The van der Waals surface area contributed by atoms with Gasteiger partial charge in [0, 0.05) is 23.7 Å². The molecule has 1 rings (SSSR count). The molecule has 90 valence electrons. The molecule has 0 aliphatic rings. The number of nitrogens with one attached hydrogen (secondary N) is 1. The van der Waals surface area contributed by atoms with Crippen molar-refractivity contribution in [2.45, 2.75) is 32.7 Å². The van der Waals surface area contributed by atoms with Crippen molar-refractivity contribution in [1.82, 2.24) is 5.32 Å². The van der Waals surface area contributed by atoms with E-state index in [-0.39, 0.29) is 5.56 Å². The van der Waals surface area contributed by atoms with Gasteiger partial charge in [-0.3, -0.25) is 0 Å². The molecule has 1 atom stereocenters. The Morgan fingerprint density at radius 2 is 1.69 bits per heavy atom. The summed E-state index contributed by atoms with van der Waals surface area (Å²) in [5, 5.41) is 3.00. The van der Waals surface area contributed by atoms with Gasteiger partial charge in [-0.2, -0.15) is 0 Å². The summed E-state index contributed by atoms with van der Waals surface area (Å²) in [5.74, 6) is -2.53. The van der Waals surface area contributed by atoms with Gasteiger partial charge in [0.05, 0.1) is 0 Å². The van der Waals surface area contributed by atoms with Crippen molar-refractivity contribution in [1.29, 1.82) is 0 Å². The summed E-state index contributed by atoms with van der Waals surface area (Å²) in [7, 11) is 0. The first-order valence-corrected chi connectivity index (χ1v) is 5.48. The Morgan fingerprint density at radius 3 is 2.12 bits per heavy atom. The SMILES string of the molecule is CCCC(NCC)c1c(F)cc(F)cc1F. The zero-order chi connectivity index (χ0) is 12.1. The number of hydrogen-bond acceptors (Lipinski definition) is 1. The lowest BCUT2D eigenvalue weighted by molar-refractivity contribution is 0.443. The van der Waals surface area contributed by atoms with E-state index >= 15 is 0 Å². The van der Waals surface area contributed by atoms with Crippen molar-refractivity contribution in [2.75, 3.05) is 6.54 Å². The molecule has 1 N–H and O–H groups in total. The molecule has 0 saturated carbocycles. The van der Waals surface area contributed by atoms with Gasteiger partial charge in [-0.25, -0.2) is 13.2 Å². The Kier molecular flexibility index (Phi) is 4.80. The van der Waals surface area contributed by atoms with Crippen LogP contribution in [-0.4, -0.2) is 6.54 Å². The van der Waals surface area contributed by atoms with Gasteiger partial charge >= 0.3 is 0 Å². The van der Waals surface area contributed by atoms with E-state index in [1.165, 1.54) is 0 Å². The van der Waals surface area contributed by atoms with Gasteiger partial charge in [0.1, 0.15) is 17.5 Å². The molecular formula is C12H16F3N. The van der Waals surface area contributed by atoms with E-state index in [4.69, 9.17) is 0 Å². The summed E-state index contributed by atoms with van der Waals surface area (Å²) in [6, 6.07) is 1.05. The highest BCUT2D eigenvalue weighted by molar-refractivity contribution is 5.24. The maximum Gasteiger partial charge on any atom is 0.133 e. The van der Waals surface area contributed by atoms with Crippen molar-refractivity contribution in [2.24, 2.45) is 0 Å². The summed E-state index contributed by atoms with van der Waals surface area (Å²) in [4.78, 5) is 0. The summed E-state index contributed by atoms with van der Waals surface area (Å²) in [5.41, 5.74) is -0.0647. The number of rotatable bonds is 5. The fraction of sp³-hybridized carbons (Fsp3) is 0.500. The molecule has 1 nitrogen and oxygen atoms in total. The van der Waals surface area contributed by atoms with E-state index in [0.717, 1.165) is 18.6 Å². The van der Waals surface area contributed by atoms with Crippen molar-refractivity contribution in [3.8, 4) is 0 Å². The second kappa shape index (κ2) is 5.89. The predicted molar refractivity (Wildman–Crippen MR) is 57.6 cm³/mol. The molecule has 0 spiro atoms. The fourth-order valence-corrected chi connectivity index (χ4v) is 1.77. The van der Waals surface area contributed by atoms with Crippen LogP contribution in [0.5, 0.6) is 0 Å². The van der Waals surface area contributed by atoms with Crippen LogP contribution in [0.2, 0.25) is 0 Å². The van der Waals surface area contributed by atoms with E-state index < -0.39 is 23.5 Å². The van der Waals surface area contributed by atoms with Crippen molar-refractivity contribution in [3.63, 3.8) is 0 Å². The standard InChI is InChI=1S/C12H16F3N/c1-3-5-11(16-4-2)12-9(14)6-8(13)7-10(12)15/h6-7,11,16H,3-5H2,1-2H3. The summed E-state index contributed by atoms with van der Waals surface area (Å²) in [6.45, 7) is 4.41. The zero-order valence-corrected chi connectivity index (χ0v) is 9.49. The van der Waals surface area contributed by atoms with Crippen LogP contribution >= 0.6 is 0 Å². The van der Waals surface area contributed by atoms with E-state index in [1.54, 1.807) is 0 Å². The second-order valence-corrected chi connectivity index (χ2v) is 3.68. The highest BCUT2D eigenvalue weighted by atomic mass is 19.1. The van der Waals surface area contributed by atoms with Crippen molar-refractivity contribution < 1.29 is 13.2 Å². The summed E-state index contributed by atoms with van der Waals surface area (Å²) >= 11 is 0. The molecule has 0 amide bonds. The lowest BCUT2D eigenvalue weighted by Gasteiger charge is -2.18. The monoisotopic (exact) mass is 231 g/mol. The zero-order valence-electron chi connectivity index (χ0n) is 9.49. The molecule has 1 aromatic rings. The first-order chi connectivity index (χ1) is 7.60. The smallest absolute Gasteiger partial charge is 0.133 e. The maximum atomic E-state index is 13.5. The van der Waals surface area contributed by atoms with Crippen molar-refractivity contribution in [3.05, 3.63) is 35.1 Å². The van der Waals surface area contributed by atoms with Gasteiger partial charge in [-0.05, 0) is 13.0 Å². The van der Waals surface area contributed by atoms with Crippen LogP contribution < -0.4 is 5.32 Å². The van der Waals surface area contributed by atoms with Gasteiger partial charge in [-0.15, -0.1) is 0 Å². The van der Waals surface area contributed by atoms with Gasteiger partial charge in [-0.1, -0.05) is 20.3 Å². The molecule has 1 unspecified atom stereocenters. The minimum absolute atomic E-state index is 0.0647. The van der Waals surface area contributed by atoms with Crippen LogP contribution in [0.4, 0.5) is 13.2 Å². The van der Waals surface area contributed by atoms with Crippen LogP contribution in [0.15, 0.2) is 12.1 Å². The third kappa shape index (κ3) is 2.98. The van der Waals surface area contributed by atoms with E-state index in [0.29, 0.717) is 13.0 Å². The highest BCUT2D eigenvalue weighted by Gasteiger charge is 2.19. The molecule has 1 aromatic carbocycles. The van der Waals surface area contributed by atoms with Crippen LogP contribution in [0, 0.1) is 17.5 Å². The Balaban J connectivity index is 3.07. The van der Waals surface area contributed by atoms with Gasteiger partial charge in [0.2, 0.25) is 0 Å². The lowest BCUT2D eigenvalue weighted by atomic mass is 10.0. The molecule has 16 heavy (non-hydrogen) atoms. The molecule has 4 heteroatoms. The van der Waals surface area contributed by atoms with Crippen LogP contribution in [-0.2, 0) is 0 Å². The molecule has 0 fully saturated rings. The molecule has 0 saturated heterocycles. The van der Waals surface area contributed by atoms with Gasteiger partial charge in [0.15, 0.2) is 0 Å². The Bertz CT molecular complexity index is 323. The van der Waals surface area contributed by atoms with E-state index in [2.05, 4.69) is 5.32 Å². The minimum Gasteiger partial charge on any atom is -0.310 e. The minimum atomic E-state index is -0.884. The average molecular weight is 231 g/mol. The summed E-state index contributed by atoms with van der Waals surface area (Å²) < 4.78 is 39.7. The first kappa shape index (κ1) is 13.0. The van der Waals surface area contributed by atoms with Crippen LogP contribution in [0.25, 0.3) is 0 Å². The number of benzene rings is 1. The molecular weight excluding hydrogens is 215 g/mol. The molecule has 0 aliphatic heterocycles. The summed E-state index contributed by atoms with van der Waals surface area (Å²) in [6.07, 6.45) is 1.42. The first-order valence-electron chi connectivity index (χ1n) is 5.48. The number of hydrogen-bond donors (Lipinski definition) is 1. The Labute approximate surface area is 93.7 Å². The normalized spacial score (nSPS) is 12.8. The third-order valence-corrected chi connectivity index (χ3v) is 2.42. The second-order valence-electron chi connectivity index (χ2n) is 3.68. The quantitative estimate of drug-likeness (QED) is 0.817. The Morgan fingerprint density at radius 1 is 1.12 bits per heavy atom. The van der Waals surface area contributed by atoms with Crippen LogP contribution in [0.1, 0.15) is 38.3 Å². The largest absolute Gasteiger partial charge is 0.310 e. The predicted octanol–water partition coefficient (Wildman–Crippen LogP) is 3.55. The number of halogens is 3. The van der Waals surface area contributed by atoms with Gasteiger partial charge in [0.25, 0.3) is 0 Å². The van der Waals surface area contributed by atoms with Gasteiger partial charge < -0.3 is 5.32 Å². The topological polar surface area (TPSA) is 12.0 Å². The lowest BCUT2D eigenvalue weighted by Crippen LogP contribution is -2.23. The molecule has 0 aromatic heterocycles. The van der Waals surface area contributed by atoms with Crippen molar-refractivity contribution >= 4 is 0 Å². The van der Waals surface area contributed by atoms with E-state index in [9.17, 15) is 13.2 Å². The molecule has 0 bridgehead atoms. The fourth-order valence-electron chi connectivity index (χ4n) is 1.77. The average Bonchev–Trinajstić information content (AvgIpc) is 2.16. The highest BCUT2D eigenvalue weighted by Crippen LogP contribution is 2.25. The maximum absolute atomic E-state index is 13.5. The Hall–Kier alpha value is -1.03.